The Morgan fingerprint density at radius 3 is 2.61 bits per heavy atom. The van der Waals surface area contributed by atoms with E-state index in [0.29, 0.717) is 11.5 Å². The molecule has 0 aromatic heterocycles. The molecule has 18 heavy (non-hydrogen) atoms. The quantitative estimate of drug-likeness (QED) is 0.845. The normalized spacial score (nSPS) is 14.1. The van der Waals surface area contributed by atoms with Crippen molar-refractivity contribution >= 4 is 21.9 Å². The van der Waals surface area contributed by atoms with E-state index in [9.17, 15) is 9.90 Å². The van der Waals surface area contributed by atoms with Crippen molar-refractivity contribution in [3.63, 3.8) is 0 Å². The topological polar surface area (TPSA) is 46.5 Å². The molecule has 0 aliphatic rings. The van der Waals surface area contributed by atoms with Crippen LogP contribution in [-0.4, -0.2) is 17.7 Å². The Hall–Kier alpha value is -0.870. The summed E-state index contributed by atoms with van der Waals surface area (Å²) in [4.78, 5) is 11.4. The number of halogens is 1. The highest BCUT2D eigenvalue weighted by Crippen LogP contribution is 2.29. The Kier molecular flexibility index (Phi) is 5.82. The Labute approximate surface area is 116 Å². The van der Waals surface area contributed by atoms with E-state index in [1.54, 1.807) is 19.1 Å². The fourth-order valence-corrected chi connectivity index (χ4v) is 2.48. The maximum atomic E-state index is 11.4. The molecule has 0 aliphatic heterocycles. The maximum Gasteiger partial charge on any atom is 0.339 e. The number of carbonyl (C=O) groups excluding carboxylic acids is 1. The first-order chi connectivity index (χ1) is 8.51. The molecule has 3 nitrogen and oxygen atoms in total. The molecule has 0 spiro atoms. The largest absolute Gasteiger partial charge is 0.464 e. The summed E-state index contributed by atoms with van der Waals surface area (Å²) < 4.78 is 5.71. The molecule has 1 rings (SSSR count). The van der Waals surface area contributed by atoms with Gasteiger partial charge in [-0.1, -0.05) is 41.9 Å². The Morgan fingerprint density at radius 2 is 2.11 bits per heavy atom. The summed E-state index contributed by atoms with van der Waals surface area (Å²) in [7, 11) is 0. The predicted molar refractivity (Wildman–Crippen MR) is 74.4 cm³/mol. The molecule has 0 aliphatic carbocycles. The van der Waals surface area contributed by atoms with Gasteiger partial charge < -0.3 is 9.84 Å². The van der Waals surface area contributed by atoms with Gasteiger partial charge in [-0.05, 0) is 36.5 Å². The van der Waals surface area contributed by atoms with Crippen LogP contribution >= 0.6 is 15.9 Å². The van der Waals surface area contributed by atoms with Crippen molar-refractivity contribution in [3.8, 4) is 0 Å². The molecule has 1 aromatic carbocycles. The van der Waals surface area contributed by atoms with Gasteiger partial charge in [-0.3, -0.25) is 0 Å². The van der Waals surface area contributed by atoms with Crippen LogP contribution in [0.15, 0.2) is 22.7 Å². The number of aliphatic hydroxyl groups is 1. The Bertz CT molecular complexity index is 418. The lowest BCUT2D eigenvalue weighted by Crippen LogP contribution is -2.15. The third-order valence-corrected chi connectivity index (χ3v) is 3.68. The maximum absolute atomic E-state index is 11.4. The molecule has 2 atom stereocenters. The van der Waals surface area contributed by atoms with E-state index in [0.717, 1.165) is 10.9 Å². The second-order valence-corrected chi connectivity index (χ2v) is 5.10. The molecule has 0 saturated carbocycles. The van der Waals surface area contributed by atoms with Gasteiger partial charge in [-0.15, -0.1) is 0 Å². The lowest BCUT2D eigenvalue weighted by Gasteiger charge is -2.15. The van der Waals surface area contributed by atoms with Gasteiger partial charge in [0.15, 0.2) is 6.10 Å². The molecule has 2 unspecified atom stereocenters. The first-order valence-electron chi connectivity index (χ1n) is 6.15. The molecule has 0 fully saturated rings. The average molecular weight is 315 g/mol. The Morgan fingerprint density at radius 1 is 1.44 bits per heavy atom. The van der Waals surface area contributed by atoms with Gasteiger partial charge in [-0.25, -0.2) is 4.79 Å². The lowest BCUT2D eigenvalue weighted by molar-refractivity contribution is -0.153. The summed E-state index contributed by atoms with van der Waals surface area (Å²) in [6.45, 7) is 6.24. The molecule has 100 valence electrons. The van der Waals surface area contributed by atoms with Gasteiger partial charge in [0.2, 0.25) is 0 Å². The van der Waals surface area contributed by atoms with E-state index in [-0.39, 0.29) is 6.61 Å². The highest BCUT2D eigenvalue weighted by molar-refractivity contribution is 9.10. The smallest absolute Gasteiger partial charge is 0.339 e. The summed E-state index contributed by atoms with van der Waals surface area (Å²) in [5.41, 5.74) is 1.73. The van der Waals surface area contributed by atoms with E-state index >= 15 is 0 Å². The number of benzene rings is 1. The zero-order valence-electron chi connectivity index (χ0n) is 10.9. The van der Waals surface area contributed by atoms with Gasteiger partial charge in [0.05, 0.1) is 6.61 Å². The number of hydrogen-bond acceptors (Lipinski definition) is 3. The summed E-state index contributed by atoms with van der Waals surface area (Å²) in [6.07, 6.45) is -0.175. The van der Waals surface area contributed by atoms with Crippen LogP contribution < -0.4 is 0 Å². The molecule has 1 N–H and O–H groups in total. The van der Waals surface area contributed by atoms with Gasteiger partial charge in [0.25, 0.3) is 0 Å². The van der Waals surface area contributed by atoms with Crippen LogP contribution in [0.5, 0.6) is 0 Å². The minimum absolute atomic E-state index is 0.266. The monoisotopic (exact) mass is 314 g/mol. The molecular weight excluding hydrogens is 296 g/mol. The second-order valence-electron chi connectivity index (χ2n) is 4.24. The minimum Gasteiger partial charge on any atom is -0.464 e. The highest BCUT2D eigenvalue weighted by atomic mass is 79.9. The van der Waals surface area contributed by atoms with Crippen molar-refractivity contribution < 1.29 is 14.6 Å². The zero-order chi connectivity index (χ0) is 13.7. The van der Waals surface area contributed by atoms with Crippen LogP contribution in [0.1, 0.15) is 50.3 Å². The number of aliphatic hydroxyl groups excluding tert-OH is 1. The standard InChI is InChI=1S/C14H19BrO3/c1-4-9(3)11-7-6-10(8-12(11)15)13(16)14(17)18-5-2/h6-9,13,16H,4-5H2,1-3H3. The van der Waals surface area contributed by atoms with Gasteiger partial charge in [0, 0.05) is 4.47 Å². The van der Waals surface area contributed by atoms with Crippen molar-refractivity contribution in [2.24, 2.45) is 0 Å². The van der Waals surface area contributed by atoms with Crippen LogP contribution in [0.3, 0.4) is 0 Å². The fraction of sp³-hybridized carbons (Fsp3) is 0.500. The summed E-state index contributed by atoms with van der Waals surface area (Å²) in [5, 5.41) is 9.84. The molecule has 4 heteroatoms. The fourth-order valence-electron chi connectivity index (χ4n) is 1.69. The zero-order valence-corrected chi connectivity index (χ0v) is 12.5. The van der Waals surface area contributed by atoms with E-state index in [4.69, 9.17) is 4.74 Å². The highest BCUT2D eigenvalue weighted by Gasteiger charge is 2.20. The van der Waals surface area contributed by atoms with Crippen LogP contribution in [-0.2, 0) is 9.53 Å². The third kappa shape index (κ3) is 3.56. The number of rotatable bonds is 5. The number of hydrogen-bond donors (Lipinski definition) is 1. The number of esters is 1. The molecule has 0 heterocycles. The third-order valence-electron chi connectivity index (χ3n) is 2.99. The molecule has 0 saturated heterocycles. The van der Waals surface area contributed by atoms with E-state index < -0.39 is 12.1 Å². The number of ether oxygens (including phenoxy) is 1. The Balaban J connectivity index is 2.93. The average Bonchev–Trinajstić information content (AvgIpc) is 2.37. The van der Waals surface area contributed by atoms with Crippen LogP contribution in [0.2, 0.25) is 0 Å². The van der Waals surface area contributed by atoms with Gasteiger partial charge in [0.1, 0.15) is 0 Å². The van der Waals surface area contributed by atoms with Crippen molar-refractivity contribution in [1.29, 1.82) is 0 Å². The van der Waals surface area contributed by atoms with Crippen molar-refractivity contribution in [3.05, 3.63) is 33.8 Å². The second kappa shape index (κ2) is 6.90. The first kappa shape index (κ1) is 15.2. The van der Waals surface area contributed by atoms with Crippen LogP contribution in [0, 0.1) is 0 Å². The first-order valence-corrected chi connectivity index (χ1v) is 6.94. The van der Waals surface area contributed by atoms with E-state index in [1.807, 2.05) is 6.07 Å². The van der Waals surface area contributed by atoms with Crippen LogP contribution in [0.25, 0.3) is 0 Å². The summed E-state index contributed by atoms with van der Waals surface area (Å²) in [6, 6.07) is 5.49. The van der Waals surface area contributed by atoms with Crippen molar-refractivity contribution in [1.82, 2.24) is 0 Å². The lowest BCUT2D eigenvalue weighted by atomic mass is 9.96. The number of carbonyl (C=O) groups is 1. The van der Waals surface area contributed by atoms with E-state index in [1.165, 1.54) is 5.56 Å². The molecule has 1 aromatic rings. The van der Waals surface area contributed by atoms with Gasteiger partial charge in [-0.2, -0.15) is 0 Å². The molecule has 0 radical (unpaired) electrons. The van der Waals surface area contributed by atoms with Gasteiger partial charge >= 0.3 is 5.97 Å². The summed E-state index contributed by atoms with van der Waals surface area (Å²) >= 11 is 3.48. The van der Waals surface area contributed by atoms with E-state index in [2.05, 4.69) is 29.8 Å². The van der Waals surface area contributed by atoms with Crippen molar-refractivity contribution in [2.45, 2.75) is 39.2 Å². The SMILES string of the molecule is CCOC(=O)C(O)c1ccc(C(C)CC)c(Br)c1. The van der Waals surface area contributed by atoms with Crippen LogP contribution in [0.4, 0.5) is 0 Å². The minimum atomic E-state index is -1.22. The molecule has 0 bridgehead atoms. The molecular formula is C14H19BrO3. The van der Waals surface area contributed by atoms with Crippen molar-refractivity contribution in [2.75, 3.05) is 6.61 Å². The predicted octanol–water partition coefficient (Wildman–Crippen LogP) is 3.56. The summed E-state index contributed by atoms with van der Waals surface area (Å²) in [5.74, 6) is -0.172. The molecule has 0 amide bonds.